The molecule has 1 aromatic rings. The van der Waals surface area contributed by atoms with Crippen LogP contribution in [0.25, 0.3) is 0 Å². The van der Waals surface area contributed by atoms with Crippen LogP contribution in [0, 0.1) is 78.9 Å². The number of esters is 1. The standard InChI is InChI=1S/C15H24.C8H16.C8H18.C7H12.C6H12O2.C6H12O/c1-9-10(2)12(4)14(15(6,7)8)13(5)11(9)3;1-7(2)6-8(3,4)5;1-7(2,3)8(4,5)6;1-5-6-7(2,3)4;1-6(2,3)5(7)8-4;1-5(7)6(2,3)4/h1-8H3;6H,1-5H3;1-6H3;1-4H3;1-4H3;1-4H3. The Labute approximate surface area is 334 Å². The van der Waals surface area contributed by atoms with E-state index in [0.717, 1.165) is 0 Å². The maximum atomic E-state index is 10.6. The van der Waals surface area contributed by atoms with Gasteiger partial charge in [0.05, 0.1) is 12.5 Å². The molecule has 0 atom stereocenters. The third kappa shape index (κ3) is 31.7. The van der Waals surface area contributed by atoms with E-state index < -0.39 is 0 Å². The summed E-state index contributed by atoms with van der Waals surface area (Å²) in [5.74, 6) is 5.97. The summed E-state index contributed by atoms with van der Waals surface area (Å²) < 4.78 is 4.48. The number of carbonyl (C=O) groups excluding carboxylic acids is 2. The average molecular weight is 743 g/mol. The van der Waals surface area contributed by atoms with Crippen LogP contribution in [0.4, 0.5) is 0 Å². The number of ether oxygens (including phenoxy) is 1. The van der Waals surface area contributed by atoms with Crippen molar-refractivity contribution >= 4 is 11.8 Å². The lowest BCUT2D eigenvalue weighted by Gasteiger charge is -2.34. The van der Waals surface area contributed by atoms with E-state index in [2.05, 4.69) is 175 Å². The first-order valence-electron chi connectivity index (χ1n) is 19.6. The summed E-state index contributed by atoms with van der Waals surface area (Å²) in [6.07, 6.45) is 2.27. The van der Waals surface area contributed by atoms with E-state index in [1.54, 1.807) is 6.92 Å². The third-order valence-electron chi connectivity index (χ3n) is 9.08. The first-order valence-corrected chi connectivity index (χ1v) is 19.6. The van der Waals surface area contributed by atoms with Crippen LogP contribution in [0.15, 0.2) is 11.6 Å². The Bertz CT molecular complexity index is 1280. The lowest BCUT2D eigenvalue weighted by atomic mass is 9.71. The van der Waals surface area contributed by atoms with Crippen molar-refractivity contribution in [3.63, 3.8) is 0 Å². The minimum Gasteiger partial charge on any atom is -0.469 e. The molecule has 0 aliphatic rings. The summed E-state index contributed by atoms with van der Waals surface area (Å²) in [5, 5.41) is 0. The molecule has 0 spiro atoms. The van der Waals surface area contributed by atoms with Crippen molar-refractivity contribution in [2.75, 3.05) is 7.11 Å². The molecule has 0 saturated carbocycles. The largest absolute Gasteiger partial charge is 0.469 e. The molecule has 0 saturated heterocycles. The maximum Gasteiger partial charge on any atom is 0.310 e. The van der Waals surface area contributed by atoms with Crippen molar-refractivity contribution in [3.05, 3.63) is 45.0 Å². The van der Waals surface area contributed by atoms with Crippen molar-refractivity contribution in [3.8, 4) is 11.8 Å². The first kappa shape index (κ1) is 59.9. The number of hydrogen-bond acceptors (Lipinski definition) is 3. The second kappa shape index (κ2) is 23.6. The first-order chi connectivity index (χ1) is 22.8. The molecule has 1 aromatic carbocycles. The van der Waals surface area contributed by atoms with Gasteiger partial charge in [-0.3, -0.25) is 9.59 Å². The van der Waals surface area contributed by atoms with Gasteiger partial charge in [0.2, 0.25) is 0 Å². The fraction of sp³-hybridized carbons (Fsp3) is 0.760. The zero-order chi connectivity index (χ0) is 44.5. The Kier molecular flexibility index (Phi) is 26.6. The van der Waals surface area contributed by atoms with Crippen molar-refractivity contribution in [2.24, 2.45) is 32.5 Å². The van der Waals surface area contributed by atoms with Crippen LogP contribution in [-0.4, -0.2) is 18.9 Å². The summed E-state index contributed by atoms with van der Waals surface area (Å²) in [6, 6.07) is 0. The number of ketones is 1. The highest BCUT2D eigenvalue weighted by Crippen LogP contribution is 2.36. The second-order valence-electron chi connectivity index (χ2n) is 22.0. The van der Waals surface area contributed by atoms with Gasteiger partial charge in [0.1, 0.15) is 5.78 Å². The zero-order valence-corrected chi connectivity index (χ0v) is 41.8. The summed E-state index contributed by atoms with van der Waals surface area (Å²) in [5.41, 5.74) is 11.4. The van der Waals surface area contributed by atoms with Crippen LogP contribution < -0.4 is 0 Å². The van der Waals surface area contributed by atoms with Crippen LogP contribution in [0.2, 0.25) is 0 Å². The van der Waals surface area contributed by atoms with Crippen molar-refractivity contribution in [2.45, 2.75) is 213 Å². The molecule has 53 heavy (non-hydrogen) atoms. The van der Waals surface area contributed by atoms with E-state index in [0.29, 0.717) is 16.2 Å². The molecular formula is C50H94O3. The van der Waals surface area contributed by atoms with Gasteiger partial charge in [-0.2, -0.15) is 0 Å². The number of benzene rings is 1. The predicted molar refractivity (Wildman–Crippen MR) is 241 cm³/mol. The average Bonchev–Trinajstić information content (AvgIpc) is 2.87. The number of hydrogen-bond donors (Lipinski definition) is 0. The molecule has 1 rings (SSSR count). The van der Waals surface area contributed by atoms with E-state index in [1.807, 2.05) is 48.5 Å². The molecule has 0 aromatic heterocycles. The molecule has 312 valence electrons. The molecule has 0 radical (unpaired) electrons. The molecule has 0 amide bonds. The number of methoxy groups -OCH3 is 1. The quantitative estimate of drug-likeness (QED) is 0.151. The predicted octanol–water partition coefficient (Wildman–Crippen LogP) is 15.5. The van der Waals surface area contributed by atoms with Gasteiger partial charge in [-0.1, -0.05) is 121 Å². The van der Waals surface area contributed by atoms with Gasteiger partial charge < -0.3 is 4.74 Å². The Morgan fingerprint density at radius 2 is 0.811 bits per heavy atom. The molecule has 0 N–H and O–H groups in total. The Balaban J connectivity index is -0.000000180. The normalized spacial score (nSPS) is 11.7. The summed E-state index contributed by atoms with van der Waals surface area (Å²) in [6.45, 7) is 63.6. The monoisotopic (exact) mass is 743 g/mol. The highest BCUT2D eigenvalue weighted by molar-refractivity contribution is 5.80. The number of allylic oxidation sites excluding steroid dienone is 2. The van der Waals surface area contributed by atoms with Crippen molar-refractivity contribution in [1.82, 2.24) is 0 Å². The second-order valence-corrected chi connectivity index (χ2v) is 22.0. The highest BCUT2D eigenvalue weighted by Gasteiger charge is 2.27. The zero-order valence-electron chi connectivity index (χ0n) is 41.8. The van der Waals surface area contributed by atoms with E-state index in [9.17, 15) is 9.59 Å². The molecule has 0 heterocycles. The van der Waals surface area contributed by atoms with Gasteiger partial charge in [-0.05, 0) is 159 Å². The number of rotatable bonds is 0. The van der Waals surface area contributed by atoms with Crippen LogP contribution in [-0.2, 0) is 19.7 Å². The van der Waals surface area contributed by atoms with E-state index in [1.165, 1.54) is 46.1 Å². The van der Waals surface area contributed by atoms with Crippen molar-refractivity contribution < 1.29 is 14.3 Å². The summed E-state index contributed by atoms with van der Waals surface area (Å²) in [7, 11) is 1.40. The molecule has 3 heteroatoms. The van der Waals surface area contributed by atoms with Gasteiger partial charge in [-0.15, -0.1) is 5.92 Å². The Morgan fingerprint density at radius 1 is 0.528 bits per heavy atom. The van der Waals surface area contributed by atoms with Gasteiger partial charge in [0.25, 0.3) is 0 Å². The molecule has 0 fully saturated rings. The van der Waals surface area contributed by atoms with E-state index >= 15 is 0 Å². The molecular weight excluding hydrogens is 649 g/mol. The van der Waals surface area contributed by atoms with Gasteiger partial charge in [-0.25, -0.2) is 0 Å². The number of carbonyl (C=O) groups is 2. The fourth-order valence-corrected chi connectivity index (χ4v) is 4.17. The molecule has 0 bridgehead atoms. The minimum absolute atomic E-state index is 0.139. The Morgan fingerprint density at radius 3 is 0.887 bits per heavy atom. The molecule has 0 aliphatic heterocycles. The molecule has 0 unspecified atom stereocenters. The Hall–Kier alpha value is -2.34. The highest BCUT2D eigenvalue weighted by atomic mass is 16.5. The van der Waals surface area contributed by atoms with Crippen molar-refractivity contribution in [1.29, 1.82) is 0 Å². The fourth-order valence-electron chi connectivity index (χ4n) is 4.17. The molecule has 0 aliphatic carbocycles. The summed E-state index contributed by atoms with van der Waals surface area (Å²) >= 11 is 0. The van der Waals surface area contributed by atoms with E-state index in [-0.39, 0.29) is 33.4 Å². The van der Waals surface area contributed by atoms with Crippen LogP contribution in [0.5, 0.6) is 0 Å². The van der Waals surface area contributed by atoms with Crippen LogP contribution in [0.1, 0.15) is 206 Å². The SMILES string of the molecule is CC#CC(C)(C)C.CC(=O)C(C)(C)C.CC(C)(C)C(C)(C)C.CC(C)=CC(C)(C)C.COC(=O)C(C)(C)C.Cc1c(C)c(C)c(C(C)(C)C)c(C)c1C. The third-order valence-corrected chi connectivity index (χ3v) is 9.08. The lowest BCUT2D eigenvalue weighted by Crippen LogP contribution is -2.25. The molecule has 3 nitrogen and oxygen atoms in total. The van der Waals surface area contributed by atoms with Gasteiger partial charge in [0, 0.05) is 10.8 Å². The van der Waals surface area contributed by atoms with Crippen LogP contribution in [0.3, 0.4) is 0 Å². The lowest BCUT2D eigenvalue weighted by molar-refractivity contribution is -0.149. The summed E-state index contributed by atoms with van der Waals surface area (Å²) in [4.78, 5) is 21.1. The van der Waals surface area contributed by atoms with E-state index in [4.69, 9.17) is 0 Å². The van der Waals surface area contributed by atoms with Gasteiger partial charge in [0.15, 0.2) is 0 Å². The smallest absolute Gasteiger partial charge is 0.310 e. The topological polar surface area (TPSA) is 43.4 Å². The number of Topliss-reactive ketones (excluding diaryl/α,β-unsaturated/α-hetero) is 1. The van der Waals surface area contributed by atoms with Crippen LogP contribution >= 0.6 is 0 Å². The maximum absolute atomic E-state index is 10.6. The minimum atomic E-state index is -0.352. The van der Waals surface area contributed by atoms with Gasteiger partial charge >= 0.3 is 5.97 Å².